The fourth-order valence-corrected chi connectivity index (χ4v) is 4.63. The predicted octanol–water partition coefficient (Wildman–Crippen LogP) is 2.35. The average Bonchev–Trinajstić information content (AvgIpc) is 3.40. The van der Waals surface area contributed by atoms with Crippen molar-refractivity contribution in [1.29, 1.82) is 0 Å². The second kappa shape index (κ2) is 8.12. The van der Waals surface area contributed by atoms with Gasteiger partial charge in [0.2, 0.25) is 0 Å². The van der Waals surface area contributed by atoms with Gasteiger partial charge in [-0.3, -0.25) is 0 Å². The highest BCUT2D eigenvalue weighted by atomic mass is 16.5. The van der Waals surface area contributed by atoms with Crippen LogP contribution in [0.4, 0.5) is 17.3 Å². The van der Waals surface area contributed by atoms with Crippen LogP contribution < -0.4 is 20.3 Å². The SMILES string of the molecule is CCOc1ccc(Nc2c3c(nc4ccnn24)N(C2CCCNC2)C(CO)C3)cc1. The molecule has 2 aliphatic heterocycles. The minimum atomic E-state index is 0.0328. The van der Waals surface area contributed by atoms with Crippen molar-refractivity contribution in [2.45, 2.75) is 38.3 Å². The minimum Gasteiger partial charge on any atom is -0.494 e. The first-order valence-corrected chi connectivity index (χ1v) is 10.7. The van der Waals surface area contributed by atoms with Gasteiger partial charge in [-0.2, -0.15) is 9.61 Å². The Kier molecular flexibility index (Phi) is 5.18. The molecule has 0 spiro atoms. The van der Waals surface area contributed by atoms with Crippen molar-refractivity contribution < 1.29 is 9.84 Å². The predicted molar refractivity (Wildman–Crippen MR) is 117 cm³/mol. The molecule has 8 nitrogen and oxygen atoms in total. The summed E-state index contributed by atoms with van der Waals surface area (Å²) >= 11 is 0. The number of aliphatic hydroxyl groups excluding tert-OH is 1. The molecule has 3 aromatic rings. The lowest BCUT2D eigenvalue weighted by atomic mass is 10.0. The number of aliphatic hydroxyl groups is 1. The summed E-state index contributed by atoms with van der Waals surface area (Å²) < 4.78 is 7.41. The number of fused-ring (bicyclic) bond motifs is 2. The molecule has 2 unspecified atom stereocenters. The van der Waals surface area contributed by atoms with Crippen molar-refractivity contribution in [3.05, 3.63) is 42.1 Å². The molecule has 0 bridgehead atoms. The second-order valence-electron chi connectivity index (χ2n) is 7.89. The van der Waals surface area contributed by atoms with Crippen molar-refractivity contribution in [2.24, 2.45) is 0 Å². The highest BCUT2D eigenvalue weighted by molar-refractivity contribution is 5.73. The smallest absolute Gasteiger partial charge is 0.159 e. The van der Waals surface area contributed by atoms with E-state index in [-0.39, 0.29) is 12.6 Å². The first-order valence-electron chi connectivity index (χ1n) is 10.7. The van der Waals surface area contributed by atoms with E-state index in [9.17, 15) is 5.11 Å². The number of hydrogen-bond donors (Lipinski definition) is 3. The third-order valence-corrected chi connectivity index (χ3v) is 5.99. The first kappa shape index (κ1) is 19.1. The molecule has 4 heterocycles. The topological polar surface area (TPSA) is 87.0 Å². The molecule has 2 aromatic heterocycles. The van der Waals surface area contributed by atoms with Crippen LogP contribution in [0.5, 0.6) is 5.75 Å². The Bertz CT molecular complexity index is 1010. The maximum Gasteiger partial charge on any atom is 0.159 e. The third-order valence-electron chi connectivity index (χ3n) is 5.99. The molecule has 8 heteroatoms. The van der Waals surface area contributed by atoms with Crippen LogP contribution in [0.3, 0.4) is 0 Å². The zero-order valence-corrected chi connectivity index (χ0v) is 17.2. The molecule has 1 saturated heterocycles. The number of benzene rings is 1. The molecule has 30 heavy (non-hydrogen) atoms. The van der Waals surface area contributed by atoms with Gasteiger partial charge >= 0.3 is 0 Å². The third kappa shape index (κ3) is 3.36. The van der Waals surface area contributed by atoms with Crippen LogP contribution >= 0.6 is 0 Å². The summed E-state index contributed by atoms with van der Waals surface area (Å²) in [6.07, 6.45) is 4.76. The second-order valence-corrected chi connectivity index (χ2v) is 7.89. The first-order chi connectivity index (χ1) is 14.8. The number of piperidine rings is 1. The van der Waals surface area contributed by atoms with E-state index in [1.807, 2.05) is 41.8 Å². The van der Waals surface area contributed by atoms with Crippen LogP contribution in [0.25, 0.3) is 5.65 Å². The quantitative estimate of drug-likeness (QED) is 0.577. The standard InChI is InChI=1S/C22H28N6O2/c1-2-30-18-7-5-15(6-8-18)25-22-19-12-17(14-29)27(16-4-3-10-23-13-16)21(19)26-20-9-11-24-28(20)22/h5-9,11,16-17,23,25,29H,2-4,10,12-14H2,1H3. The van der Waals surface area contributed by atoms with Gasteiger partial charge in [-0.25, -0.2) is 4.98 Å². The van der Waals surface area contributed by atoms with Gasteiger partial charge in [-0.15, -0.1) is 0 Å². The van der Waals surface area contributed by atoms with Gasteiger partial charge in [-0.05, 0) is 50.6 Å². The fourth-order valence-electron chi connectivity index (χ4n) is 4.63. The highest BCUT2D eigenvalue weighted by Crippen LogP contribution is 2.39. The molecular formula is C22H28N6O2. The molecule has 158 valence electrons. The van der Waals surface area contributed by atoms with Crippen molar-refractivity contribution in [2.75, 3.05) is 36.5 Å². The summed E-state index contributed by atoms with van der Waals surface area (Å²) in [5.74, 6) is 2.72. The monoisotopic (exact) mass is 408 g/mol. The van der Waals surface area contributed by atoms with Gasteiger partial charge in [0.05, 0.1) is 25.5 Å². The molecule has 0 amide bonds. The van der Waals surface area contributed by atoms with Crippen LogP contribution in [0.1, 0.15) is 25.3 Å². The molecule has 5 rings (SSSR count). The Hall–Kier alpha value is -2.84. The molecule has 0 saturated carbocycles. The van der Waals surface area contributed by atoms with Gasteiger partial charge in [0.25, 0.3) is 0 Å². The number of rotatable bonds is 6. The number of hydrogen-bond acceptors (Lipinski definition) is 7. The summed E-state index contributed by atoms with van der Waals surface area (Å²) in [4.78, 5) is 7.27. The maximum absolute atomic E-state index is 10.1. The van der Waals surface area contributed by atoms with Crippen LogP contribution in [-0.2, 0) is 6.42 Å². The van der Waals surface area contributed by atoms with Crippen LogP contribution in [0.2, 0.25) is 0 Å². The number of anilines is 3. The fraction of sp³-hybridized carbons (Fsp3) is 0.455. The Labute approximate surface area is 175 Å². The van der Waals surface area contributed by atoms with Gasteiger partial charge in [0.15, 0.2) is 5.65 Å². The van der Waals surface area contributed by atoms with Crippen molar-refractivity contribution in [3.63, 3.8) is 0 Å². The van der Waals surface area contributed by atoms with E-state index < -0.39 is 0 Å². The number of nitrogens with one attached hydrogen (secondary N) is 2. The highest BCUT2D eigenvalue weighted by Gasteiger charge is 2.38. The zero-order chi connectivity index (χ0) is 20.5. The lowest BCUT2D eigenvalue weighted by Crippen LogP contribution is -2.50. The van der Waals surface area contributed by atoms with Crippen LogP contribution in [0, 0.1) is 0 Å². The Morgan fingerprint density at radius 3 is 2.87 bits per heavy atom. The Balaban J connectivity index is 1.55. The van der Waals surface area contributed by atoms with Gasteiger partial charge in [0.1, 0.15) is 17.4 Å². The Morgan fingerprint density at radius 1 is 1.27 bits per heavy atom. The zero-order valence-electron chi connectivity index (χ0n) is 17.2. The molecule has 0 radical (unpaired) electrons. The van der Waals surface area contributed by atoms with E-state index in [2.05, 4.69) is 20.6 Å². The van der Waals surface area contributed by atoms with Gasteiger partial charge in [-0.1, -0.05) is 0 Å². The van der Waals surface area contributed by atoms with Crippen LogP contribution in [-0.4, -0.2) is 58.1 Å². The number of aromatic nitrogens is 3. The van der Waals surface area contributed by atoms with Crippen molar-refractivity contribution in [1.82, 2.24) is 19.9 Å². The van der Waals surface area contributed by atoms with Crippen molar-refractivity contribution >= 4 is 23.0 Å². The summed E-state index contributed by atoms with van der Waals surface area (Å²) in [6, 6.07) is 10.2. The summed E-state index contributed by atoms with van der Waals surface area (Å²) in [5, 5.41) is 21.7. The van der Waals surface area contributed by atoms with E-state index >= 15 is 0 Å². The summed E-state index contributed by atoms with van der Waals surface area (Å²) in [5.41, 5.74) is 2.86. The molecule has 2 atom stereocenters. The van der Waals surface area contributed by atoms with Gasteiger partial charge in [0, 0.05) is 36.3 Å². The molecule has 1 aromatic carbocycles. The van der Waals surface area contributed by atoms with E-state index in [0.29, 0.717) is 12.6 Å². The summed E-state index contributed by atoms with van der Waals surface area (Å²) in [6.45, 7) is 4.71. The maximum atomic E-state index is 10.1. The van der Waals surface area contributed by atoms with E-state index in [4.69, 9.17) is 9.72 Å². The van der Waals surface area contributed by atoms with Crippen LogP contribution in [0.15, 0.2) is 36.5 Å². The summed E-state index contributed by atoms with van der Waals surface area (Å²) in [7, 11) is 0. The van der Waals surface area contributed by atoms with E-state index in [1.54, 1.807) is 6.20 Å². The lowest BCUT2D eigenvalue weighted by Gasteiger charge is -2.36. The Morgan fingerprint density at radius 2 is 2.13 bits per heavy atom. The average molecular weight is 409 g/mol. The lowest BCUT2D eigenvalue weighted by molar-refractivity contribution is 0.251. The normalized spacial score (nSPS) is 21.1. The molecule has 2 aliphatic rings. The van der Waals surface area contributed by atoms with E-state index in [1.165, 1.54) is 0 Å². The molecule has 3 N–H and O–H groups in total. The van der Waals surface area contributed by atoms with E-state index in [0.717, 1.165) is 66.6 Å². The molecular weight excluding hydrogens is 380 g/mol. The number of nitrogens with zero attached hydrogens (tertiary/aromatic N) is 4. The minimum absolute atomic E-state index is 0.0328. The largest absolute Gasteiger partial charge is 0.494 e. The van der Waals surface area contributed by atoms with Gasteiger partial charge < -0.3 is 25.4 Å². The van der Waals surface area contributed by atoms with Crippen molar-refractivity contribution in [3.8, 4) is 5.75 Å². The molecule has 0 aliphatic carbocycles. The number of ether oxygens (including phenoxy) is 1. The molecule has 1 fully saturated rings.